The third-order valence-corrected chi connectivity index (χ3v) is 3.63. The Hall–Kier alpha value is -2.57. The largest absolute Gasteiger partial charge is 0.345 e. The summed E-state index contributed by atoms with van der Waals surface area (Å²) in [5, 5.41) is 2.85. The number of benzene rings is 2. The van der Waals surface area contributed by atoms with Gasteiger partial charge in [-0.2, -0.15) is 0 Å². The third kappa shape index (κ3) is 7.13. The molecule has 0 fully saturated rings. The highest BCUT2D eigenvalue weighted by molar-refractivity contribution is 5.76. The van der Waals surface area contributed by atoms with E-state index in [1.165, 1.54) is 11.1 Å². The summed E-state index contributed by atoms with van der Waals surface area (Å²) in [5.74, 6) is 6.15. The van der Waals surface area contributed by atoms with E-state index in [4.69, 9.17) is 0 Å². The number of nitrogens with one attached hydrogen (secondary N) is 1. The summed E-state index contributed by atoms with van der Waals surface area (Å²) in [4.78, 5) is 13.9. The lowest BCUT2D eigenvalue weighted by Gasteiger charge is -2.12. The maximum Gasteiger partial charge on any atom is 0.221 e. The minimum atomic E-state index is 0.0470. The van der Waals surface area contributed by atoms with Crippen molar-refractivity contribution >= 4 is 5.91 Å². The van der Waals surface area contributed by atoms with Gasteiger partial charge in [-0.3, -0.25) is 9.69 Å². The zero-order chi connectivity index (χ0) is 17.0. The van der Waals surface area contributed by atoms with Crippen LogP contribution in [0.5, 0.6) is 0 Å². The van der Waals surface area contributed by atoms with E-state index >= 15 is 0 Å². The highest BCUT2D eigenvalue weighted by Gasteiger charge is 2.00. The van der Waals surface area contributed by atoms with Gasteiger partial charge >= 0.3 is 0 Å². The number of rotatable bonds is 7. The zero-order valence-corrected chi connectivity index (χ0v) is 14.2. The molecule has 3 heteroatoms. The van der Waals surface area contributed by atoms with Crippen molar-refractivity contribution in [2.24, 2.45) is 0 Å². The first-order chi connectivity index (χ1) is 11.7. The SMILES string of the molecule is CN(CC#CCNC(=O)CCc1ccccc1)Cc1ccccc1. The topological polar surface area (TPSA) is 32.3 Å². The number of amides is 1. The first-order valence-corrected chi connectivity index (χ1v) is 8.23. The van der Waals surface area contributed by atoms with E-state index in [-0.39, 0.29) is 5.91 Å². The van der Waals surface area contributed by atoms with Crippen molar-refractivity contribution in [2.75, 3.05) is 20.1 Å². The first kappa shape index (κ1) is 17.8. The van der Waals surface area contributed by atoms with Crippen LogP contribution in [0.15, 0.2) is 60.7 Å². The number of carbonyl (C=O) groups is 1. The fraction of sp³-hybridized carbons (Fsp3) is 0.286. The van der Waals surface area contributed by atoms with Gasteiger partial charge in [-0.15, -0.1) is 0 Å². The minimum Gasteiger partial charge on any atom is -0.345 e. The molecule has 24 heavy (non-hydrogen) atoms. The molecule has 0 atom stereocenters. The van der Waals surface area contributed by atoms with E-state index < -0.39 is 0 Å². The van der Waals surface area contributed by atoms with Gasteiger partial charge in [-0.1, -0.05) is 72.5 Å². The van der Waals surface area contributed by atoms with Gasteiger partial charge in [0.2, 0.25) is 5.91 Å². The van der Waals surface area contributed by atoms with E-state index in [9.17, 15) is 4.79 Å². The minimum absolute atomic E-state index is 0.0470. The van der Waals surface area contributed by atoms with E-state index in [0.717, 1.165) is 13.0 Å². The smallest absolute Gasteiger partial charge is 0.221 e. The first-order valence-electron chi connectivity index (χ1n) is 8.23. The molecular formula is C21H24N2O. The fourth-order valence-electron chi connectivity index (χ4n) is 2.34. The summed E-state index contributed by atoms with van der Waals surface area (Å²) >= 11 is 0. The predicted molar refractivity (Wildman–Crippen MR) is 98.3 cm³/mol. The monoisotopic (exact) mass is 320 g/mol. The average Bonchev–Trinajstić information content (AvgIpc) is 2.61. The number of carbonyl (C=O) groups excluding carboxylic acids is 1. The average molecular weight is 320 g/mol. The molecule has 0 aliphatic rings. The Bertz CT molecular complexity index is 671. The molecule has 0 spiro atoms. The second-order valence-electron chi connectivity index (χ2n) is 5.77. The number of nitrogens with zero attached hydrogens (tertiary/aromatic N) is 1. The Balaban J connectivity index is 1.60. The van der Waals surface area contributed by atoms with Crippen molar-refractivity contribution in [2.45, 2.75) is 19.4 Å². The summed E-state index contributed by atoms with van der Waals surface area (Å²) in [7, 11) is 2.04. The quantitative estimate of drug-likeness (QED) is 0.796. The van der Waals surface area contributed by atoms with Gasteiger partial charge in [0.25, 0.3) is 0 Å². The maximum atomic E-state index is 11.8. The molecule has 1 N–H and O–H groups in total. The lowest BCUT2D eigenvalue weighted by atomic mass is 10.1. The van der Waals surface area contributed by atoms with Gasteiger partial charge in [0.1, 0.15) is 0 Å². The fourth-order valence-corrected chi connectivity index (χ4v) is 2.34. The number of aryl methyl sites for hydroxylation is 1. The zero-order valence-electron chi connectivity index (χ0n) is 14.2. The molecule has 2 rings (SSSR count). The molecule has 0 saturated carbocycles. The van der Waals surface area contributed by atoms with Crippen LogP contribution in [0.1, 0.15) is 17.5 Å². The summed E-state index contributed by atoms with van der Waals surface area (Å²) in [6.45, 7) is 1.97. The van der Waals surface area contributed by atoms with Crippen LogP contribution in [0.4, 0.5) is 0 Å². The van der Waals surface area contributed by atoms with Crippen LogP contribution in [0.3, 0.4) is 0 Å². The van der Waals surface area contributed by atoms with Crippen LogP contribution < -0.4 is 5.32 Å². The molecule has 124 valence electrons. The molecule has 0 heterocycles. The molecule has 1 amide bonds. The van der Waals surface area contributed by atoms with E-state index in [2.05, 4.69) is 34.2 Å². The maximum absolute atomic E-state index is 11.8. The molecule has 3 nitrogen and oxygen atoms in total. The van der Waals surface area contributed by atoms with Crippen molar-refractivity contribution in [3.8, 4) is 11.8 Å². The van der Waals surface area contributed by atoms with Crippen LogP contribution in [-0.2, 0) is 17.8 Å². The number of hydrogen-bond donors (Lipinski definition) is 1. The van der Waals surface area contributed by atoms with Gasteiger partial charge in [0.15, 0.2) is 0 Å². The highest BCUT2D eigenvalue weighted by Crippen LogP contribution is 2.02. The molecule has 0 unspecified atom stereocenters. The molecular weight excluding hydrogens is 296 g/mol. The predicted octanol–water partition coefficient (Wildman–Crippen LogP) is 2.87. The van der Waals surface area contributed by atoms with Crippen LogP contribution in [0.25, 0.3) is 0 Å². The molecule has 0 radical (unpaired) electrons. The van der Waals surface area contributed by atoms with Crippen molar-refractivity contribution in [1.82, 2.24) is 10.2 Å². The third-order valence-electron chi connectivity index (χ3n) is 3.63. The van der Waals surface area contributed by atoms with Crippen molar-refractivity contribution < 1.29 is 4.79 Å². The molecule has 0 bridgehead atoms. The molecule has 0 aliphatic heterocycles. The van der Waals surface area contributed by atoms with Crippen molar-refractivity contribution in [3.05, 3.63) is 71.8 Å². The van der Waals surface area contributed by atoms with Gasteiger partial charge < -0.3 is 5.32 Å². The summed E-state index contributed by atoms with van der Waals surface area (Å²) in [5.41, 5.74) is 2.46. The second-order valence-corrected chi connectivity index (χ2v) is 5.77. The van der Waals surface area contributed by atoms with Crippen LogP contribution >= 0.6 is 0 Å². The Labute approximate surface area is 144 Å². The van der Waals surface area contributed by atoms with Gasteiger partial charge in [0.05, 0.1) is 13.1 Å². The standard InChI is InChI=1S/C21H24N2O/c1-23(18-20-12-6-3-7-13-20)17-9-8-16-22-21(24)15-14-19-10-4-2-5-11-19/h2-7,10-13H,14-18H2,1H3,(H,22,24). The van der Waals surface area contributed by atoms with Crippen LogP contribution in [0, 0.1) is 11.8 Å². The van der Waals surface area contributed by atoms with Crippen LogP contribution in [0.2, 0.25) is 0 Å². The Morgan fingerprint density at radius 1 is 0.958 bits per heavy atom. The normalized spacial score (nSPS) is 10.1. The molecule has 0 saturated heterocycles. The lowest BCUT2D eigenvalue weighted by molar-refractivity contribution is -0.120. The molecule has 2 aromatic rings. The van der Waals surface area contributed by atoms with Gasteiger partial charge in [0, 0.05) is 13.0 Å². The molecule has 2 aromatic carbocycles. The Morgan fingerprint density at radius 3 is 2.25 bits per heavy atom. The summed E-state index contributed by atoms with van der Waals surface area (Å²) in [6.07, 6.45) is 1.26. The Morgan fingerprint density at radius 2 is 1.58 bits per heavy atom. The van der Waals surface area contributed by atoms with Gasteiger partial charge in [-0.05, 0) is 24.6 Å². The Kier molecular flexibility index (Phi) is 7.59. The lowest BCUT2D eigenvalue weighted by Crippen LogP contribution is -2.24. The second kappa shape index (κ2) is 10.3. The molecule has 0 aromatic heterocycles. The summed E-state index contributed by atoms with van der Waals surface area (Å²) < 4.78 is 0. The van der Waals surface area contributed by atoms with E-state index in [0.29, 0.717) is 19.5 Å². The van der Waals surface area contributed by atoms with Gasteiger partial charge in [-0.25, -0.2) is 0 Å². The molecule has 0 aliphatic carbocycles. The van der Waals surface area contributed by atoms with E-state index in [1.54, 1.807) is 0 Å². The summed E-state index contributed by atoms with van der Waals surface area (Å²) in [6, 6.07) is 20.4. The number of hydrogen-bond acceptors (Lipinski definition) is 2. The van der Waals surface area contributed by atoms with Crippen molar-refractivity contribution in [3.63, 3.8) is 0 Å². The van der Waals surface area contributed by atoms with Crippen molar-refractivity contribution in [1.29, 1.82) is 0 Å². The van der Waals surface area contributed by atoms with Crippen LogP contribution in [-0.4, -0.2) is 30.9 Å². The highest BCUT2D eigenvalue weighted by atomic mass is 16.1. The van der Waals surface area contributed by atoms with E-state index in [1.807, 2.05) is 55.6 Å².